The van der Waals surface area contributed by atoms with Crippen LogP contribution in [0.4, 0.5) is 0 Å². The van der Waals surface area contributed by atoms with Crippen molar-refractivity contribution in [3.63, 3.8) is 0 Å². The number of primary amides is 1. The van der Waals surface area contributed by atoms with E-state index in [4.69, 9.17) is 5.73 Å². The molecule has 10 heavy (non-hydrogen) atoms. The Morgan fingerprint density at radius 3 is 3.00 bits per heavy atom. The SMILES string of the molecule is CC1=NCC[C@@H](C(N)=O)N1. The van der Waals surface area contributed by atoms with E-state index in [0.717, 1.165) is 5.84 Å². The summed E-state index contributed by atoms with van der Waals surface area (Å²) in [7, 11) is 0. The van der Waals surface area contributed by atoms with E-state index in [1.54, 1.807) is 0 Å². The molecular weight excluding hydrogens is 130 g/mol. The highest BCUT2D eigenvalue weighted by Gasteiger charge is 2.17. The van der Waals surface area contributed by atoms with E-state index < -0.39 is 0 Å². The van der Waals surface area contributed by atoms with Gasteiger partial charge < -0.3 is 11.1 Å². The Morgan fingerprint density at radius 2 is 2.60 bits per heavy atom. The summed E-state index contributed by atoms with van der Waals surface area (Å²) in [5.74, 6) is 0.504. The van der Waals surface area contributed by atoms with Crippen LogP contribution < -0.4 is 11.1 Å². The zero-order chi connectivity index (χ0) is 7.56. The maximum Gasteiger partial charge on any atom is 0.240 e. The zero-order valence-electron chi connectivity index (χ0n) is 5.92. The lowest BCUT2D eigenvalue weighted by molar-refractivity contribution is -0.119. The van der Waals surface area contributed by atoms with Crippen molar-refractivity contribution in [2.24, 2.45) is 10.7 Å². The minimum absolute atomic E-state index is 0.211. The third-order valence-corrected chi connectivity index (χ3v) is 1.49. The zero-order valence-corrected chi connectivity index (χ0v) is 5.92. The highest BCUT2D eigenvalue weighted by atomic mass is 16.1. The Hall–Kier alpha value is -1.06. The first-order chi connectivity index (χ1) is 4.70. The molecule has 4 heteroatoms. The summed E-state index contributed by atoms with van der Waals surface area (Å²) in [5, 5.41) is 2.89. The number of amidine groups is 1. The van der Waals surface area contributed by atoms with Crippen molar-refractivity contribution in [2.75, 3.05) is 6.54 Å². The van der Waals surface area contributed by atoms with Crippen molar-refractivity contribution < 1.29 is 4.79 Å². The van der Waals surface area contributed by atoms with E-state index >= 15 is 0 Å². The van der Waals surface area contributed by atoms with E-state index in [2.05, 4.69) is 10.3 Å². The summed E-state index contributed by atoms with van der Waals surface area (Å²) in [6.45, 7) is 2.53. The summed E-state index contributed by atoms with van der Waals surface area (Å²) < 4.78 is 0. The van der Waals surface area contributed by atoms with Crippen LogP contribution in [0.5, 0.6) is 0 Å². The van der Waals surface area contributed by atoms with Gasteiger partial charge in [-0.05, 0) is 13.3 Å². The van der Waals surface area contributed by atoms with Crippen LogP contribution in [0.15, 0.2) is 4.99 Å². The van der Waals surface area contributed by atoms with Gasteiger partial charge in [-0.25, -0.2) is 0 Å². The molecule has 3 N–H and O–H groups in total. The summed E-state index contributed by atoms with van der Waals surface area (Å²) in [6.07, 6.45) is 0.715. The number of rotatable bonds is 1. The average Bonchev–Trinajstić information content (AvgIpc) is 1.88. The quantitative estimate of drug-likeness (QED) is 0.504. The van der Waals surface area contributed by atoms with E-state index in [9.17, 15) is 4.79 Å². The van der Waals surface area contributed by atoms with Crippen LogP contribution in [-0.2, 0) is 4.79 Å². The summed E-state index contributed by atoms with van der Waals surface area (Å²) in [4.78, 5) is 14.7. The molecule has 4 nitrogen and oxygen atoms in total. The number of carbonyl (C=O) groups is 1. The number of nitrogens with two attached hydrogens (primary N) is 1. The molecule has 0 bridgehead atoms. The van der Waals surface area contributed by atoms with Gasteiger partial charge >= 0.3 is 0 Å². The van der Waals surface area contributed by atoms with Crippen molar-refractivity contribution in [3.05, 3.63) is 0 Å². The highest BCUT2D eigenvalue weighted by molar-refractivity contribution is 5.88. The van der Waals surface area contributed by atoms with E-state index in [1.807, 2.05) is 6.92 Å². The molecule has 1 aliphatic rings. The number of nitrogens with zero attached hydrogens (tertiary/aromatic N) is 1. The van der Waals surface area contributed by atoms with E-state index in [-0.39, 0.29) is 11.9 Å². The number of hydrogen-bond acceptors (Lipinski definition) is 3. The van der Waals surface area contributed by atoms with Gasteiger partial charge in [-0.1, -0.05) is 0 Å². The molecule has 1 amide bonds. The van der Waals surface area contributed by atoms with Crippen LogP contribution in [0.1, 0.15) is 13.3 Å². The van der Waals surface area contributed by atoms with Gasteiger partial charge in [-0.15, -0.1) is 0 Å². The Labute approximate surface area is 59.5 Å². The lowest BCUT2D eigenvalue weighted by Gasteiger charge is -2.19. The summed E-state index contributed by atoms with van der Waals surface area (Å²) in [6, 6.07) is -0.211. The Bertz CT molecular complexity index is 176. The standard InChI is InChI=1S/C6H11N3O/c1-4-8-3-2-5(9-4)6(7)10/h5H,2-3H2,1H3,(H2,7,10)(H,8,9)/t5-/m0/s1. The summed E-state index contributed by atoms with van der Waals surface area (Å²) in [5.41, 5.74) is 5.07. The molecule has 0 unspecified atom stereocenters. The molecule has 56 valence electrons. The fourth-order valence-electron chi connectivity index (χ4n) is 0.945. The van der Waals surface area contributed by atoms with Gasteiger partial charge in [0.25, 0.3) is 0 Å². The second kappa shape index (κ2) is 2.68. The van der Waals surface area contributed by atoms with Crippen LogP contribution in [0.25, 0.3) is 0 Å². The van der Waals surface area contributed by atoms with Crippen molar-refractivity contribution in [1.29, 1.82) is 0 Å². The lowest BCUT2D eigenvalue weighted by atomic mass is 10.1. The first kappa shape index (κ1) is 7.05. The maximum atomic E-state index is 10.6. The molecule has 0 spiro atoms. The fraction of sp³-hybridized carbons (Fsp3) is 0.667. The molecule has 1 aliphatic heterocycles. The molecule has 0 aromatic heterocycles. The van der Waals surface area contributed by atoms with Gasteiger partial charge in [0.2, 0.25) is 5.91 Å². The molecule has 0 fully saturated rings. The van der Waals surface area contributed by atoms with Crippen LogP contribution >= 0.6 is 0 Å². The van der Waals surface area contributed by atoms with E-state index in [1.165, 1.54) is 0 Å². The van der Waals surface area contributed by atoms with Crippen molar-refractivity contribution in [2.45, 2.75) is 19.4 Å². The molecule has 0 radical (unpaired) electrons. The van der Waals surface area contributed by atoms with Crippen LogP contribution in [-0.4, -0.2) is 24.3 Å². The van der Waals surface area contributed by atoms with Gasteiger partial charge in [0.15, 0.2) is 0 Å². The normalized spacial score (nSPS) is 24.9. The molecule has 0 aromatic rings. The van der Waals surface area contributed by atoms with Crippen LogP contribution in [0.2, 0.25) is 0 Å². The minimum Gasteiger partial charge on any atom is -0.368 e. The Kier molecular flexibility index (Phi) is 1.89. The number of amides is 1. The fourth-order valence-corrected chi connectivity index (χ4v) is 0.945. The summed E-state index contributed by atoms with van der Waals surface area (Å²) >= 11 is 0. The van der Waals surface area contributed by atoms with Crippen molar-refractivity contribution in [1.82, 2.24) is 5.32 Å². The van der Waals surface area contributed by atoms with Crippen LogP contribution in [0, 0.1) is 0 Å². The molecule has 0 aliphatic carbocycles. The number of carbonyl (C=O) groups excluding carboxylic acids is 1. The highest BCUT2D eigenvalue weighted by Crippen LogP contribution is 1.97. The van der Waals surface area contributed by atoms with Crippen molar-refractivity contribution in [3.8, 4) is 0 Å². The number of hydrogen-bond donors (Lipinski definition) is 2. The van der Waals surface area contributed by atoms with Gasteiger partial charge in [-0.3, -0.25) is 9.79 Å². The largest absolute Gasteiger partial charge is 0.368 e. The molecular formula is C6H11N3O. The van der Waals surface area contributed by atoms with Gasteiger partial charge in [0.05, 0.1) is 5.84 Å². The topological polar surface area (TPSA) is 67.5 Å². The minimum atomic E-state index is -0.297. The second-order valence-electron chi connectivity index (χ2n) is 2.36. The molecule has 1 rings (SSSR count). The average molecular weight is 141 g/mol. The molecule has 0 saturated carbocycles. The third-order valence-electron chi connectivity index (χ3n) is 1.49. The Morgan fingerprint density at radius 1 is 1.90 bits per heavy atom. The predicted molar refractivity (Wildman–Crippen MR) is 38.7 cm³/mol. The Balaban J connectivity index is 2.53. The van der Waals surface area contributed by atoms with Crippen molar-refractivity contribution >= 4 is 11.7 Å². The van der Waals surface area contributed by atoms with Gasteiger partial charge in [-0.2, -0.15) is 0 Å². The third kappa shape index (κ3) is 1.46. The maximum absolute atomic E-state index is 10.6. The second-order valence-corrected chi connectivity index (χ2v) is 2.36. The molecule has 0 saturated heterocycles. The van der Waals surface area contributed by atoms with Crippen LogP contribution in [0.3, 0.4) is 0 Å². The van der Waals surface area contributed by atoms with Gasteiger partial charge in [0, 0.05) is 6.54 Å². The number of aliphatic imine (C=N–C) groups is 1. The van der Waals surface area contributed by atoms with E-state index in [0.29, 0.717) is 13.0 Å². The lowest BCUT2D eigenvalue weighted by Crippen LogP contribution is -2.46. The first-order valence-electron chi connectivity index (χ1n) is 3.27. The molecule has 1 atom stereocenters. The van der Waals surface area contributed by atoms with Gasteiger partial charge in [0.1, 0.15) is 6.04 Å². The molecule has 0 aromatic carbocycles. The monoisotopic (exact) mass is 141 g/mol. The first-order valence-corrected chi connectivity index (χ1v) is 3.27. The smallest absolute Gasteiger partial charge is 0.240 e. The predicted octanol–water partition coefficient (Wildman–Crippen LogP) is -0.748. The molecule has 1 heterocycles. The number of nitrogens with one attached hydrogen (secondary N) is 1.